The molecule has 0 spiro atoms. The maximum atomic E-state index is 12.9. The first-order valence-electron chi connectivity index (χ1n) is 11.4. The molecule has 0 bridgehead atoms. The summed E-state index contributed by atoms with van der Waals surface area (Å²) in [6.07, 6.45) is -0.766. The van der Waals surface area contributed by atoms with Crippen LogP contribution < -0.4 is 5.32 Å². The summed E-state index contributed by atoms with van der Waals surface area (Å²) >= 11 is 0. The van der Waals surface area contributed by atoms with Gasteiger partial charge in [-0.05, 0) is 36.1 Å². The zero-order valence-electron chi connectivity index (χ0n) is 19.6. The summed E-state index contributed by atoms with van der Waals surface area (Å²) in [7, 11) is 1.50. The maximum absolute atomic E-state index is 12.9. The lowest BCUT2D eigenvalue weighted by atomic mass is 9.98. The van der Waals surface area contributed by atoms with Gasteiger partial charge in [-0.25, -0.2) is 9.59 Å². The van der Waals surface area contributed by atoms with Gasteiger partial charge in [0.1, 0.15) is 12.1 Å². The van der Waals surface area contributed by atoms with Crippen molar-refractivity contribution >= 4 is 18.0 Å². The number of hydrogen-bond donors (Lipinski definition) is 2. The third-order valence-electron chi connectivity index (χ3n) is 6.89. The summed E-state index contributed by atoms with van der Waals surface area (Å²) in [6, 6.07) is 15.6. The Labute approximate surface area is 198 Å². The summed E-state index contributed by atoms with van der Waals surface area (Å²) in [6.45, 7) is 3.60. The van der Waals surface area contributed by atoms with Crippen molar-refractivity contribution in [3.63, 3.8) is 0 Å². The number of carboxylic acid groups (broad SMARTS) is 1. The van der Waals surface area contributed by atoms with E-state index in [2.05, 4.69) is 17.4 Å². The molecule has 1 aliphatic heterocycles. The highest BCUT2D eigenvalue weighted by Gasteiger charge is 2.50. The molecule has 8 nitrogen and oxygen atoms in total. The lowest BCUT2D eigenvalue weighted by Gasteiger charge is -2.31. The SMILES string of the molecule is COC1CN(C(=O)C[C@H](C)NC(=O)OCC2c3ccccc3-c3ccccc32)C(C)(C(=O)O)C1. The number of nitrogens with one attached hydrogen (secondary N) is 1. The molecule has 1 fully saturated rings. The van der Waals surface area contributed by atoms with E-state index in [9.17, 15) is 19.5 Å². The zero-order valence-corrected chi connectivity index (χ0v) is 19.6. The van der Waals surface area contributed by atoms with E-state index in [0.717, 1.165) is 22.3 Å². The Hall–Kier alpha value is -3.39. The molecule has 1 heterocycles. The van der Waals surface area contributed by atoms with Crippen LogP contribution >= 0.6 is 0 Å². The number of carbonyl (C=O) groups is 3. The number of rotatable bonds is 7. The van der Waals surface area contributed by atoms with Gasteiger partial charge in [-0.15, -0.1) is 0 Å². The molecule has 2 aliphatic rings. The standard InChI is InChI=1S/C26H30N2O6/c1-16(12-23(29)28-14-17(33-3)13-26(28,2)24(30)31)27-25(32)34-15-22-20-10-6-4-8-18(20)19-9-5-7-11-21(19)22/h4-11,16-17,22H,12-15H2,1-3H3,(H,27,32)(H,30,31)/t16-,17?,26?/m0/s1. The Bertz CT molecular complexity index is 1060. The number of nitrogens with zero attached hydrogens (tertiary/aromatic N) is 1. The Balaban J connectivity index is 1.34. The van der Waals surface area contributed by atoms with Crippen molar-refractivity contribution < 1.29 is 29.0 Å². The summed E-state index contributed by atoms with van der Waals surface area (Å²) in [5, 5.41) is 12.4. The van der Waals surface area contributed by atoms with Gasteiger partial charge < -0.3 is 24.8 Å². The molecule has 180 valence electrons. The Kier molecular flexibility index (Phi) is 6.61. The van der Waals surface area contributed by atoms with E-state index in [-0.39, 0.29) is 43.9 Å². The first-order valence-corrected chi connectivity index (χ1v) is 11.4. The van der Waals surface area contributed by atoms with E-state index in [1.54, 1.807) is 6.92 Å². The van der Waals surface area contributed by atoms with Crippen LogP contribution in [-0.2, 0) is 19.1 Å². The molecule has 4 rings (SSSR count). The predicted octanol–water partition coefficient (Wildman–Crippen LogP) is 3.39. The van der Waals surface area contributed by atoms with Crippen LogP contribution in [0.1, 0.15) is 43.7 Å². The second-order valence-electron chi connectivity index (χ2n) is 9.22. The molecule has 0 saturated carbocycles. The quantitative estimate of drug-likeness (QED) is 0.648. The summed E-state index contributed by atoms with van der Waals surface area (Å²) in [5.41, 5.74) is 3.20. The molecule has 2 unspecified atom stereocenters. The fourth-order valence-corrected chi connectivity index (χ4v) is 5.03. The lowest BCUT2D eigenvalue weighted by Crippen LogP contribution is -2.52. The number of fused-ring (bicyclic) bond motifs is 3. The van der Waals surface area contributed by atoms with Gasteiger partial charge in [0, 0.05) is 38.5 Å². The molecule has 2 amide bonds. The summed E-state index contributed by atoms with van der Waals surface area (Å²) < 4.78 is 10.8. The van der Waals surface area contributed by atoms with E-state index < -0.39 is 23.6 Å². The lowest BCUT2D eigenvalue weighted by molar-refractivity contribution is -0.155. The van der Waals surface area contributed by atoms with Crippen molar-refractivity contribution in [1.82, 2.24) is 10.2 Å². The van der Waals surface area contributed by atoms with Gasteiger partial charge in [-0.1, -0.05) is 48.5 Å². The average Bonchev–Trinajstić information content (AvgIpc) is 3.33. The Morgan fingerprint density at radius 2 is 1.71 bits per heavy atom. The molecular formula is C26H30N2O6. The smallest absolute Gasteiger partial charge is 0.407 e. The molecule has 34 heavy (non-hydrogen) atoms. The van der Waals surface area contributed by atoms with Crippen molar-refractivity contribution in [2.24, 2.45) is 0 Å². The monoisotopic (exact) mass is 466 g/mol. The molecule has 8 heteroatoms. The van der Waals surface area contributed by atoms with E-state index in [4.69, 9.17) is 9.47 Å². The second-order valence-corrected chi connectivity index (χ2v) is 9.22. The first kappa shape index (κ1) is 23.8. The number of carboxylic acids is 1. The zero-order chi connectivity index (χ0) is 24.5. The molecular weight excluding hydrogens is 436 g/mol. The van der Waals surface area contributed by atoms with Crippen molar-refractivity contribution in [1.29, 1.82) is 0 Å². The second kappa shape index (κ2) is 9.46. The van der Waals surface area contributed by atoms with Crippen molar-refractivity contribution in [2.75, 3.05) is 20.3 Å². The Morgan fingerprint density at radius 1 is 1.12 bits per heavy atom. The van der Waals surface area contributed by atoms with Gasteiger partial charge in [-0.3, -0.25) is 4.79 Å². The number of hydrogen-bond acceptors (Lipinski definition) is 5. The number of aliphatic carboxylic acids is 1. The van der Waals surface area contributed by atoms with Crippen LogP contribution in [0.4, 0.5) is 4.79 Å². The van der Waals surface area contributed by atoms with Crippen LogP contribution in [0.5, 0.6) is 0 Å². The van der Waals surface area contributed by atoms with Gasteiger partial charge in [0.25, 0.3) is 0 Å². The highest BCUT2D eigenvalue weighted by Crippen LogP contribution is 2.44. The van der Waals surface area contributed by atoms with Crippen LogP contribution in [-0.4, -0.2) is 65.9 Å². The molecule has 3 atom stereocenters. The maximum Gasteiger partial charge on any atom is 0.407 e. The fourth-order valence-electron chi connectivity index (χ4n) is 5.03. The van der Waals surface area contributed by atoms with Crippen LogP contribution in [0, 0.1) is 0 Å². The number of ether oxygens (including phenoxy) is 2. The average molecular weight is 467 g/mol. The third-order valence-corrected chi connectivity index (χ3v) is 6.89. The highest BCUT2D eigenvalue weighted by atomic mass is 16.5. The largest absolute Gasteiger partial charge is 0.480 e. The van der Waals surface area contributed by atoms with Crippen LogP contribution in [0.15, 0.2) is 48.5 Å². The molecule has 1 aliphatic carbocycles. The van der Waals surface area contributed by atoms with Gasteiger partial charge in [0.15, 0.2) is 0 Å². The van der Waals surface area contributed by atoms with Crippen molar-refractivity contribution in [3.8, 4) is 11.1 Å². The van der Waals surface area contributed by atoms with E-state index in [1.807, 2.05) is 36.4 Å². The molecule has 2 N–H and O–H groups in total. The molecule has 2 aromatic carbocycles. The minimum atomic E-state index is -1.33. The van der Waals surface area contributed by atoms with Gasteiger partial charge in [-0.2, -0.15) is 0 Å². The van der Waals surface area contributed by atoms with Crippen molar-refractivity contribution in [3.05, 3.63) is 59.7 Å². The van der Waals surface area contributed by atoms with Gasteiger partial charge in [0.2, 0.25) is 5.91 Å². The van der Waals surface area contributed by atoms with Gasteiger partial charge >= 0.3 is 12.1 Å². The topological polar surface area (TPSA) is 105 Å². The van der Waals surface area contributed by atoms with Crippen LogP contribution in [0.25, 0.3) is 11.1 Å². The Morgan fingerprint density at radius 3 is 2.26 bits per heavy atom. The minimum Gasteiger partial charge on any atom is -0.480 e. The van der Waals surface area contributed by atoms with Gasteiger partial charge in [0.05, 0.1) is 6.10 Å². The number of benzene rings is 2. The fraction of sp³-hybridized carbons (Fsp3) is 0.423. The molecule has 0 aromatic heterocycles. The highest BCUT2D eigenvalue weighted by molar-refractivity contribution is 5.88. The summed E-state index contributed by atoms with van der Waals surface area (Å²) in [4.78, 5) is 38.5. The molecule has 0 radical (unpaired) electrons. The van der Waals surface area contributed by atoms with Crippen molar-refractivity contribution in [2.45, 2.75) is 50.3 Å². The number of alkyl carbamates (subject to hydrolysis) is 1. The third kappa shape index (κ3) is 4.37. The number of methoxy groups -OCH3 is 1. The van der Waals surface area contributed by atoms with Crippen LogP contribution in [0.2, 0.25) is 0 Å². The molecule has 1 saturated heterocycles. The number of carbonyl (C=O) groups excluding carboxylic acids is 2. The first-order chi connectivity index (χ1) is 16.2. The summed E-state index contributed by atoms with van der Waals surface area (Å²) in [5.74, 6) is -1.48. The normalized spacial score (nSPS) is 22.1. The number of amides is 2. The van der Waals surface area contributed by atoms with E-state index in [1.165, 1.54) is 18.9 Å². The number of likely N-dealkylation sites (tertiary alicyclic amines) is 1. The predicted molar refractivity (Wildman–Crippen MR) is 125 cm³/mol. The minimum absolute atomic E-state index is 0.0382. The van der Waals surface area contributed by atoms with E-state index >= 15 is 0 Å². The van der Waals surface area contributed by atoms with Crippen LogP contribution in [0.3, 0.4) is 0 Å². The van der Waals surface area contributed by atoms with E-state index in [0.29, 0.717) is 0 Å². The molecule has 2 aromatic rings.